The van der Waals surface area contributed by atoms with E-state index in [2.05, 4.69) is 21.6 Å². The number of amides is 1. The lowest BCUT2D eigenvalue weighted by atomic mass is 9.97. The quantitative estimate of drug-likeness (QED) is 0.269. The molecule has 0 aliphatic carbocycles. The number of piperazine rings is 1. The van der Waals surface area contributed by atoms with Crippen molar-refractivity contribution in [3.8, 4) is 11.8 Å². The Kier molecular flexibility index (Phi) is 13.9. The van der Waals surface area contributed by atoms with Crippen LogP contribution in [0.5, 0.6) is 0 Å². The second-order valence-electron chi connectivity index (χ2n) is 10.9. The smallest absolute Gasteiger partial charge is 0.379 e. The van der Waals surface area contributed by atoms with E-state index in [0.29, 0.717) is 64.4 Å². The summed E-state index contributed by atoms with van der Waals surface area (Å²) < 4.78 is 86.3. The lowest BCUT2D eigenvalue weighted by Gasteiger charge is -2.41. The van der Waals surface area contributed by atoms with Crippen LogP contribution in [0.3, 0.4) is 0 Å². The van der Waals surface area contributed by atoms with Gasteiger partial charge in [0, 0.05) is 57.3 Å². The Labute approximate surface area is 266 Å². The number of rotatable bonds is 6. The van der Waals surface area contributed by atoms with Crippen LogP contribution < -0.4 is 0 Å². The van der Waals surface area contributed by atoms with Crippen molar-refractivity contribution in [2.24, 2.45) is 0 Å². The number of morpholine rings is 1. The fourth-order valence-corrected chi connectivity index (χ4v) is 5.24. The molecule has 5 nitrogen and oxygen atoms in total. The molecule has 0 saturated carbocycles. The van der Waals surface area contributed by atoms with Crippen LogP contribution in [-0.2, 0) is 23.5 Å². The molecule has 0 spiro atoms. The molecule has 2 heterocycles. The summed E-state index contributed by atoms with van der Waals surface area (Å²) in [6, 6.07) is 6.53. The molecule has 0 N–H and O–H groups in total. The monoisotopic (exact) mass is 667 g/mol. The minimum absolute atomic E-state index is 0. The van der Waals surface area contributed by atoms with Gasteiger partial charge in [0.2, 0.25) is 0 Å². The number of halogens is 8. The Balaban J connectivity index is 0.00000337. The van der Waals surface area contributed by atoms with Crippen molar-refractivity contribution in [1.82, 2.24) is 14.7 Å². The van der Waals surface area contributed by atoms with E-state index in [1.54, 1.807) is 0 Å². The Morgan fingerprint density at radius 1 is 0.841 bits per heavy atom. The van der Waals surface area contributed by atoms with Crippen molar-refractivity contribution in [2.45, 2.75) is 45.1 Å². The highest BCUT2D eigenvalue weighted by Crippen LogP contribution is 2.37. The predicted molar refractivity (Wildman–Crippen MR) is 161 cm³/mol. The van der Waals surface area contributed by atoms with Gasteiger partial charge in [-0.3, -0.25) is 14.6 Å². The van der Waals surface area contributed by atoms with Gasteiger partial charge in [-0.15, -0.1) is 30.7 Å². The van der Waals surface area contributed by atoms with E-state index in [-0.39, 0.29) is 37.4 Å². The number of carbonyl (C=O) groups is 1. The maximum atomic E-state index is 13.6. The highest BCUT2D eigenvalue weighted by atomic mass is 35.5. The second kappa shape index (κ2) is 16.2. The van der Waals surface area contributed by atoms with Crippen LogP contribution in [0.25, 0.3) is 0 Å². The summed E-state index contributed by atoms with van der Waals surface area (Å²) in [5.41, 5.74) is -0.531. The van der Waals surface area contributed by atoms with E-state index in [1.807, 2.05) is 32.0 Å². The maximum absolute atomic E-state index is 13.6. The Morgan fingerprint density at radius 3 is 2.07 bits per heavy atom. The third-order valence-corrected chi connectivity index (χ3v) is 7.79. The zero-order valence-corrected chi connectivity index (χ0v) is 26.2. The molecule has 44 heavy (non-hydrogen) atoms. The molecule has 1 amide bonds. The predicted octanol–water partition coefficient (Wildman–Crippen LogP) is 6.28. The summed E-state index contributed by atoms with van der Waals surface area (Å²) in [6.07, 6.45) is -9.04. The molecule has 0 aromatic heterocycles. The zero-order chi connectivity index (χ0) is 30.5. The van der Waals surface area contributed by atoms with Crippen molar-refractivity contribution < 1.29 is 35.9 Å². The summed E-state index contributed by atoms with van der Waals surface area (Å²) in [7, 11) is 0. The van der Waals surface area contributed by atoms with Gasteiger partial charge in [0.1, 0.15) is 0 Å². The van der Waals surface area contributed by atoms with Crippen LogP contribution in [-0.4, -0.2) is 85.7 Å². The van der Waals surface area contributed by atoms with Gasteiger partial charge in [-0.25, -0.2) is 0 Å². The SMILES string of the molecule is Cc1ccc(C[C@@H]2CN(CCC#CCN3CCOCC3)CCN2C(=O)c2cc(C(F)(F)F)cc(C(F)(F)F)c2)cc1C.Cl.Cl. The van der Waals surface area contributed by atoms with Crippen molar-refractivity contribution in [1.29, 1.82) is 0 Å². The van der Waals surface area contributed by atoms with Crippen LogP contribution in [0.1, 0.15) is 44.6 Å². The highest BCUT2D eigenvalue weighted by Gasteiger charge is 2.39. The number of benzene rings is 2. The largest absolute Gasteiger partial charge is 0.416 e. The van der Waals surface area contributed by atoms with Crippen molar-refractivity contribution >= 4 is 30.7 Å². The third-order valence-electron chi connectivity index (χ3n) is 7.79. The topological polar surface area (TPSA) is 36.0 Å². The van der Waals surface area contributed by atoms with Crippen molar-refractivity contribution in [3.05, 3.63) is 69.8 Å². The third kappa shape index (κ3) is 10.3. The average molecular weight is 669 g/mol. The summed E-state index contributed by atoms with van der Waals surface area (Å²) in [4.78, 5) is 19.4. The van der Waals surface area contributed by atoms with Crippen LogP contribution in [0.15, 0.2) is 36.4 Å². The summed E-state index contributed by atoms with van der Waals surface area (Å²) in [5.74, 6) is 5.53. The molecule has 2 saturated heterocycles. The number of aryl methyl sites for hydroxylation is 2. The first-order valence-electron chi connectivity index (χ1n) is 14.0. The number of hydrogen-bond donors (Lipinski definition) is 0. The lowest BCUT2D eigenvalue weighted by Crippen LogP contribution is -2.56. The molecular weight excluding hydrogens is 631 g/mol. The lowest BCUT2D eigenvalue weighted by molar-refractivity contribution is -0.143. The molecule has 2 aromatic carbocycles. The Morgan fingerprint density at radius 2 is 1.48 bits per heavy atom. The van der Waals surface area contributed by atoms with E-state index in [1.165, 1.54) is 4.90 Å². The van der Waals surface area contributed by atoms with Crippen LogP contribution >= 0.6 is 24.8 Å². The molecule has 0 bridgehead atoms. The number of hydrogen-bond acceptors (Lipinski definition) is 4. The van der Waals surface area contributed by atoms with Gasteiger partial charge in [0.05, 0.1) is 30.9 Å². The fourth-order valence-electron chi connectivity index (χ4n) is 5.24. The molecular formula is C31H37Cl2F6N3O2. The van der Waals surface area contributed by atoms with Crippen molar-refractivity contribution in [2.75, 3.05) is 59.0 Å². The summed E-state index contributed by atoms with van der Waals surface area (Å²) >= 11 is 0. The molecule has 2 aliphatic heterocycles. The average Bonchev–Trinajstić information content (AvgIpc) is 2.94. The van der Waals surface area contributed by atoms with Crippen LogP contribution in [0, 0.1) is 25.7 Å². The minimum atomic E-state index is -5.03. The number of nitrogens with zero attached hydrogens (tertiary/aromatic N) is 3. The molecule has 1 atom stereocenters. The van der Waals surface area contributed by atoms with E-state index >= 15 is 0 Å². The Bertz CT molecular complexity index is 1290. The van der Waals surface area contributed by atoms with Crippen LogP contribution in [0.2, 0.25) is 0 Å². The fraction of sp³-hybridized carbons (Fsp3) is 0.516. The molecule has 2 fully saturated rings. The molecule has 2 aromatic rings. The molecule has 244 valence electrons. The second-order valence-corrected chi connectivity index (χ2v) is 10.9. The summed E-state index contributed by atoms with van der Waals surface area (Å²) in [6.45, 7) is 9.38. The van der Waals surface area contributed by atoms with Gasteiger partial charge in [-0.05, 0) is 55.2 Å². The standard InChI is InChI=1S/C31H35F6N3O2.2ClH/c1-22-6-7-24(16-23(22)2)17-28-21-39(9-5-3-4-8-38-12-14-42-15-13-38)10-11-40(28)29(41)25-18-26(30(32,33)34)20-27(19-25)31(35,36)37;;/h6-7,16,18-20,28H,5,8-15,17,21H2,1-2H3;2*1H/t28-;;/m1../s1. The van der Waals surface area contributed by atoms with Gasteiger partial charge in [0.15, 0.2) is 0 Å². The number of alkyl halides is 6. The van der Waals surface area contributed by atoms with E-state index in [9.17, 15) is 31.1 Å². The molecule has 0 unspecified atom stereocenters. The molecule has 13 heteroatoms. The van der Waals surface area contributed by atoms with Gasteiger partial charge < -0.3 is 9.64 Å². The number of ether oxygens (including phenoxy) is 1. The summed E-state index contributed by atoms with van der Waals surface area (Å²) in [5, 5.41) is 0. The first-order valence-corrected chi connectivity index (χ1v) is 14.0. The first kappa shape index (κ1) is 37.7. The highest BCUT2D eigenvalue weighted by molar-refractivity contribution is 5.95. The van der Waals surface area contributed by atoms with Gasteiger partial charge >= 0.3 is 12.4 Å². The minimum Gasteiger partial charge on any atom is -0.379 e. The molecule has 2 aliphatic rings. The molecule has 4 rings (SSSR count). The van der Waals surface area contributed by atoms with E-state index < -0.39 is 41.0 Å². The van der Waals surface area contributed by atoms with Gasteiger partial charge in [0.25, 0.3) is 5.91 Å². The normalized spacial score (nSPS) is 18.1. The first-order chi connectivity index (χ1) is 19.8. The molecule has 0 radical (unpaired) electrons. The van der Waals surface area contributed by atoms with Gasteiger partial charge in [-0.1, -0.05) is 24.1 Å². The van der Waals surface area contributed by atoms with Crippen LogP contribution in [0.4, 0.5) is 26.3 Å². The van der Waals surface area contributed by atoms with Crippen molar-refractivity contribution in [3.63, 3.8) is 0 Å². The Hall–Kier alpha value is -2.49. The maximum Gasteiger partial charge on any atom is 0.416 e. The zero-order valence-electron chi connectivity index (χ0n) is 24.6. The van der Waals surface area contributed by atoms with E-state index in [0.717, 1.165) is 29.8 Å². The van der Waals surface area contributed by atoms with Gasteiger partial charge in [-0.2, -0.15) is 26.3 Å². The number of carbonyl (C=O) groups excluding carboxylic acids is 1. The van der Waals surface area contributed by atoms with E-state index in [4.69, 9.17) is 4.74 Å².